The molecular weight excluding hydrogens is 300 g/mol. The SMILES string of the molecule is O=C(Cn1c(SC(F)F)nc2ccccc21)N1CC(O)C1. The number of nitrogens with zero attached hydrogens (tertiary/aromatic N) is 3. The average Bonchev–Trinajstić information content (AvgIpc) is 2.72. The lowest BCUT2D eigenvalue weighted by molar-refractivity contribution is -0.141. The van der Waals surface area contributed by atoms with Crippen LogP contribution in [0, 0.1) is 0 Å². The first-order valence-electron chi connectivity index (χ1n) is 6.40. The van der Waals surface area contributed by atoms with Crippen molar-refractivity contribution in [3.63, 3.8) is 0 Å². The molecule has 2 aromatic rings. The van der Waals surface area contributed by atoms with Gasteiger partial charge in [0, 0.05) is 13.1 Å². The number of amides is 1. The van der Waals surface area contributed by atoms with Gasteiger partial charge >= 0.3 is 0 Å². The van der Waals surface area contributed by atoms with Crippen LogP contribution in [0.3, 0.4) is 0 Å². The number of halogens is 2. The Labute approximate surface area is 123 Å². The second kappa shape index (κ2) is 5.61. The predicted molar refractivity (Wildman–Crippen MR) is 74.2 cm³/mol. The fourth-order valence-electron chi connectivity index (χ4n) is 2.27. The van der Waals surface area contributed by atoms with E-state index in [4.69, 9.17) is 0 Å². The summed E-state index contributed by atoms with van der Waals surface area (Å²) in [6.07, 6.45) is -0.483. The standard InChI is InChI=1S/C13H13F2N3O2S/c14-12(15)21-13-16-9-3-1-2-4-10(9)18(13)7-11(20)17-5-8(19)6-17/h1-4,8,12,19H,5-7H2. The Morgan fingerprint density at radius 1 is 1.43 bits per heavy atom. The lowest BCUT2D eigenvalue weighted by Gasteiger charge is -2.36. The zero-order valence-electron chi connectivity index (χ0n) is 10.9. The van der Waals surface area contributed by atoms with Crippen molar-refractivity contribution >= 4 is 28.7 Å². The van der Waals surface area contributed by atoms with Gasteiger partial charge in [-0.2, -0.15) is 8.78 Å². The average molecular weight is 313 g/mol. The summed E-state index contributed by atoms with van der Waals surface area (Å²) in [4.78, 5) is 17.7. The molecule has 8 heteroatoms. The third kappa shape index (κ3) is 2.86. The highest BCUT2D eigenvalue weighted by molar-refractivity contribution is 7.99. The maximum atomic E-state index is 12.6. The van der Waals surface area contributed by atoms with Crippen LogP contribution in [0.2, 0.25) is 0 Å². The molecule has 0 atom stereocenters. The van der Waals surface area contributed by atoms with Crippen LogP contribution < -0.4 is 0 Å². The number of aromatic nitrogens is 2. The van der Waals surface area contributed by atoms with E-state index >= 15 is 0 Å². The summed E-state index contributed by atoms with van der Waals surface area (Å²) in [5.41, 5.74) is 1.23. The minimum absolute atomic E-state index is 0.0533. The van der Waals surface area contributed by atoms with E-state index in [9.17, 15) is 18.7 Å². The Bertz CT molecular complexity index is 670. The molecule has 3 rings (SSSR count). The van der Waals surface area contributed by atoms with Crippen molar-refractivity contribution in [3.05, 3.63) is 24.3 Å². The van der Waals surface area contributed by atoms with Gasteiger partial charge in [-0.15, -0.1) is 0 Å². The van der Waals surface area contributed by atoms with Crippen molar-refractivity contribution in [2.24, 2.45) is 0 Å². The van der Waals surface area contributed by atoms with E-state index in [2.05, 4.69) is 4.98 Å². The van der Waals surface area contributed by atoms with Crippen LogP contribution in [0.1, 0.15) is 0 Å². The fourth-order valence-corrected chi connectivity index (χ4v) is 2.87. The van der Waals surface area contributed by atoms with Crippen molar-refractivity contribution < 1.29 is 18.7 Å². The minimum Gasteiger partial charge on any atom is -0.389 e. The molecule has 21 heavy (non-hydrogen) atoms. The van der Waals surface area contributed by atoms with Crippen LogP contribution in [0.25, 0.3) is 11.0 Å². The van der Waals surface area contributed by atoms with Crippen LogP contribution in [-0.2, 0) is 11.3 Å². The van der Waals surface area contributed by atoms with Crippen molar-refractivity contribution in [1.29, 1.82) is 0 Å². The summed E-state index contributed by atoms with van der Waals surface area (Å²) in [6, 6.07) is 7.01. The molecule has 0 bridgehead atoms. The maximum Gasteiger partial charge on any atom is 0.291 e. The second-order valence-corrected chi connectivity index (χ2v) is 5.76. The highest BCUT2D eigenvalue weighted by Crippen LogP contribution is 2.28. The number of aliphatic hydroxyl groups is 1. The predicted octanol–water partition coefficient (Wildman–Crippen LogP) is 1.55. The van der Waals surface area contributed by atoms with E-state index in [1.54, 1.807) is 24.3 Å². The number of carbonyl (C=O) groups excluding carboxylic acids is 1. The van der Waals surface area contributed by atoms with Crippen LogP contribution in [0.4, 0.5) is 8.78 Å². The molecule has 0 saturated carbocycles. The van der Waals surface area contributed by atoms with Crippen molar-refractivity contribution in [1.82, 2.24) is 14.5 Å². The number of thioether (sulfide) groups is 1. The number of rotatable bonds is 4. The number of likely N-dealkylation sites (tertiary alicyclic amines) is 1. The third-order valence-electron chi connectivity index (χ3n) is 3.32. The van der Waals surface area contributed by atoms with Crippen LogP contribution >= 0.6 is 11.8 Å². The van der Waals surface area contributed by atoms with Gasteiger partial charge in [-0.3, -0.25) is 4.79 Å². The molecule has 0 aliphatic carbocycles. The molecule has 0 radical (unpaired) electrons. The van der Waals surface area contributed by atoms with Crippen LogP contribution in [0.15, 0.2) is 29.4 Å². The molecule has 1 saturated heterocycles. The van der Waals surface area contributed by atoms with E-state index < -0.39 is 11.9 Å². The van der Waals surface area contributed by atoms with Gasteiger partial charge in [0.25, 0.3) is 5.76 Å². The Kier molecular flexibility index (Phi) is 3.81. The molecule has 1 aromatic carbocycles. The minimum atomic E-state index is -2.60. The lowest BCUT2D eigenvalue weighted by Crippen LogP contribution is -2.54. The lowest BCUT2D eigenvalue weighted by atomic mass is 10.2. The topological polar surface area (TPSA) is 58.4 Å². The van der Waals surface area contributed by atoms with Crippen molar-refractivity contribution in [3.8, 4) is 0 Å². The van der Waals surface area contributed by atoms with E-state index in [1.165, 1.54) is 9.47 Å². The van der Waals surface area contributed by atoms with E-state index in [1.807, 2.05) is 0 Å². The Hall–Kier alpha value is -1.67. The van der Waals surface area contributed by atoms with E-state index in [-0.39, 0.29) is 17.6 Å². The number of carbonyl (C=O) groups is 1. The van der Waals surface area contributed by atoms with Crippen molar-refractivity contribution in [2.45, 2.75) is 23.6 Å². The number of benzene rings is 1. The molecule has 1 aromatic heterocycles. The number of hydrogen-bond acceptors (Lipinski definition) is 4. The van der Waals surface area contributed by atoms with Gasteiger partial charge in [-0.1, -0.05) is 12.1 Å². The molecule has 5 nitrogen and oxygen atoms in total. The quantitative estimate of drug-likeness (QED) is 0.870. The van der Waals surface area contributed by atoms with E-state index in [0.717, 1.165) is 0 Å². The number of alkyl halides is 2. The molecule has 1 N–H and O–H groups in total. The third-order valence-corrected chi connectivity index (χ3v) is 4.02. The summed E-state index contributed by atoms with van der Waals surface area (Å²) in [5.74, 6) is -2.80. The summed E-state index contributed by atoms with van der Waals surface area (Å²) in [7, 11) is 0. The van der Waals surface area contributed by atoms with Crippen LogP contribution in [0.5, 0.6) is 0 Å². The first-order valence-corrected chi connectivity index (χ1v) is 7.28. The zero-order valence-corrected chi connectivity index (χ0v) is 11.8. The monoisotopic (exact) mass is 313 g/mol. The van der Waals surface area contributed by atoms with Gasteiger partial charge in [-0.05, 0) is 23.9 Å². The molecule has 1 aliphatic rings. The highest BCUT2D eigenvalue weighted by atomic mass is 32.2. The molecule has 1 amide bonds. The van der Waals surface area contributed by atoms with Gasteiger partial charge < -0.3 is 14.6 Å². The largest absolute Gasteiger partial charge is 0.389 e. The maximum absolute atomic E-state index is 12.6. The number of fused-ring (bicyclic) bond motifs is 1. The molecule has 0 unspecified atom stereocenters. The van der Waals surface area contributed by atoms with Crippen LogP contribution in [-0.4, -0.2) is 50.4 Å². The summed E-state index contributed by atoms with van der Waals surface area (Å²) in [6.45, 7) is 0.536. The summed E-state index contributed by atoms with van der Waals surface area (Å²) >= 11 is 0.329. The number of aliphatic hydroxyl groups excluding tert-OH is 1. The molecule has 112 valence electrons. The zero-order chi connectivity index (χ0) is 15.0. The Morgan fingerprint density at radius 3 is 2.81 bits per heavy atom. The first-order chi connectivity index (χ1) is 10.0. The highest BCUT2D eigenvalue weighted by Gasteiger charge is 2.29. The fraction of sp³-hybridized carbons (Fsp3) is 0.385. The van der Waals surface area contributed by atoms with Gasteiger partial charge in [0.05, 0.1) is 17.1 Å². The van der Waals surface area contributed by atoms with Gasteiger partial charge in [-0.25, -0.2) is 4.98 Å². The molecule has 0 spiro atoms. The van der Waals surface area contributed by atoms with Gasteiger partial charge in [0.2, 0.25) is 5.91 Å². The summed E-state index contributed by atoms with van der Waals surface area (Å²) < 4.78 is 26.8. The molecule has 2 heterocycles. The summed E-state index contributed by atoms with van der Waals surface area (Å²) in [5, 5.41) is 9.35. The Morgan fingerprint density at radius 2 is 2.14 bits per heavy atom. The number of para-hydroxylation sites is 2. The molecule has 1 fully saturated rings. The first kappa shape index (κ1) is 14.3. The normalized spacial score (nSPS) is 15.7. The molecule has 1 aliphatic heterocycles. The Balaban J connectivity index is 1.89. The van der Waals surface area contributed by atoms with E-state index in [0.29, 0.717) is 35.9 Å². The smallest absolute Gasteiger partial charge is 0.291 e. The number of imidazole rings is 1. The van der Waals surface area contributed by atoms with Crippen molar-refractivity contribution in [2.75, 3.05) is 13.1 Å². The van der Waals surface area contributed by atoms with Gasteiger partial charge in [0.15, 0.2) is 5.16 Å². The van der Waals surface area contributed by atoms with Gasteiger partial charge in [0.1, 0.15) is 6.54 Å². The number of β-amino-alcohol motifs (C(OH)–C–C–N with tert-alkyl or cyclic N) is 1. The second-order valence-electron chi connectivity index (χ2n) is 4.80. The number of hydrogen-bond donors (Lipinski definition) is 1. The molecular formula is C13H13F2N3O2S.